The SMILES string of the molecule is Cc1ccc(C)c(OCn2ccc(C(=O)Nc3c(C(N)=O)sc4nc(C(F)F)cc(-c5ccc(C)s5)c34)n2)c1. The van der Waals surface area contributed by atoms with Crippen molar-refractivity contribution in [1.29, 1.82) is 0 Å². The molecule has 0 saturated carbocycles. The Morgan fingerprint density at radius 2 is 1.90 bits per heavy atom. The Balaban J connectivity index is 1.48. The van der Waals surface area contributed by atoms with E-state index in [1.165, 1.54) is 28.2 Å². The molecule has 0 aliphatic rings. The highest BCUT2D eigenvalue weighted by Gasteiger charge is 2.26. The van der Waals surface area contributed by atoms with Crippen LogP contribution in [0.5, 0.6) is 5.75 Å². The summed E-state index contributed by atoms with van der Waals surface area (Å²) in [7, 11) is 0. The van der Waals surface area contributed by atoms with Crippen LogP contribution in [0.4, 0.5) is 14.5 Å². The number of amides is 2. The first-order valence-electron chi connectivity index (χ1n) is 11.8. The van der Waals surface area contributed by atoms with Crippen molar-refractivity contribution in [2.45, 2.75) is 33.9 Å². The highest BCUT2D eigenvalue weighted by molar-refractivity contribution is 7.21. The smallest absolute Gasteiger partial charge is 0.280 e. The van der Waals surface area contributed by atoms with Crippen molar-refractivity contribution in [2.75, 3.05) is 5.32 Å². The molecule has 0 fully saturated rings. The van der Waals surface area contributed by atoms with Gasteiger partial charge in [0.2, 0.25) is 0 Å². The third-order valence-corrected chi connectivity index (χ3v) is 8.08. The average Bonchev–Trinajstić information content (AvgIpc) is 3.63. The molecule has 0 atom stereocenters. The molecule has 0 bridgehead atoms. The largest absolute Gasteiger partial charge is 0.471 e. The Morgan fingerprint density at radius 1 is 1.10 bits per heavy atom. The minimum absolute atomic E-state index is 0.00415. The monoisotopic (exact) mass is 567 g/mol. The molecule has 0 radical (unpaired) electrons. The number of nitrogens with zero attached hydrogens (tertiary/aromatic N) is 3. The number of aryl methyl sites for hydroxylation is 3. The molecular weight excluding hydrogens is 544 g/mol. The lowest BCUT2D eigenvalue weighted by Gasteiger charge is -2.10. The summed E-state index contributed by atoms with van der Waals surface area (Å²) in [6.45, 7) is 5.87. The molecule has 39 heavy (non-hydrogen) atoms. The van der Waals surface area contributed by atoms with Gasteiger partial charge in [-0.25, -0.2) is 18.4 Å². The van der Waals surface area contributed by atoms with Gasteiger partial charge in [0.05, 0.1) is 5.69 Å². The predicted molar refractivity (Wildman–Crippen MR) is 148 cm³/mol. The van der Waals surface area contributed by atoms with Crippen LogP contribution in [0.15, 0.2) is 48.7 Å². The number of alkyl halides is 2. The van der Waals surface area contributed by atoms with Gasteiger partial charge in [0.1, 0.15) is 21.2 Å². The molecule has 4 heterocycles. The van der Waals surface area contributed by atoms with Crippen LogP contribution in [-0.4, -0.2) is 26.6 Å². The number of fused-ring (bicyclic) bond motifs is 1. The van der Waals surface area contributed by atoms with Crippen molar-refractivity contribution in [1.82, 2.24) is 14.8 Å². The van der Waals surface area contributed by atoms with E-state index in [0.717, 1.165) is 27.3 Å². The quantitative estimate of drug-likeness (QED) is 0.223. The highest BCUT2D eigenvalue weighted by Crippen LogP contribution is 2.44. The van der Waals surface area contributed by atoms with Gasteiger partial charge < -0.3 is 15.8 Å². The number of hydrogen-bond donors (Lipinski definition) is 2. The van der Waals surface area contributed by atoms with Gasteiger partial charge in [0, 0.05) is 26.9 Å². The summed E-state index contributed by atoms with van der Waals surface area (Å²) in [5.74, 6) is -0.707. The number of aromatic nitrogens is 3. The Kier molecular flexibility index (Phi) is 7.15. The Morgan fingerprint density at radius 3 is 2.59 bits per heavy atom. The van der Waals surface area contributed by atoms with Crippen LogP contribution in [0.1, 0.15) is 48.3 Å². The van der Waals surface area contributed by atoms with Gasteiger partial charge in [-0.3, -0.25) is 9.59 Å². The molecule has 0 aliphatic carbocycles. The maximum Gasteiger partial charge on any atom is 0.280 e. The molecule has 200 valence electrons. The van der Waals surface area contributed by atoms with Crippen molar-refractivity contribution >= 4 is 50.4 Å². The van der Waals surface area contributed by atoms with Crippen LogP contribution in [-0.2, 0) is 6.73 Å². The first-order valence-corrected chi connectivity index (χ1v) is 13.4. The van der Waals surface area contributed by atoms with E-state index in [1.807, 2.05) is 45.0 Å². The zero-order chi connectivity index (χ0) is 27.8. The Hall–Kier alpha value is -4.16. The molecule has 8 nitrogen and oxygen atoms in total. The Bertz CT molecular complexity index is 1720. The number of ether oxygens (including phenoxy) is 1. The number of nitrogens with one attached hydrogen (secondary N) is 1. The molecule has 3 N–H and O–H groups in total. The minimum atomic E-state index is -2.82. The van der Waals surface area contributed by atoms with Crippen LogP contribution >= 0.6 is 22.7 Å². The molecule has 5 aromatic rings. The lowest BCUT2D eigenvalue weighted by Crippen LogP contribution is -2.18. The Labute approximate surface area is 230 Å². The standard InChI is InChI=1S/C27H23F2N5O3S2/c1-13-4-5-14(2)19(10-13)37-12-34-9-8-17(33-34)26(36)32-22-21-16(20-7-6-15(3)38-20)11-18(24(28)29)31-27(21)39-23(22)25(30)35/h4-11,24H,12H2,1-3H3,(H2,30,35)(H,32,36). The van der Waals surface area contributed by atoms with Gasteiger partial charge in [-0.15, -0.1) is 22.7 Å². The number of primary amides is 1. The van der Waals surface area contributed by atoms with E-state index in [-0.39, 0.29) is 27.8 Å². The third kappa shape index (κ3) is 5.38. The second-order valence-electron chi connectivity index (χ2n) is 8.89. The van der Waals surface area contributed by atoms with Crippen LogP contribution in [0.25, 0.3) is 20.7 Å². The number of nitrogens with two attached hydrogens (primary N) is 1. The van der Waals surface area contributed by atoms with Gasteiger partial charge in [0.25, 0.3) is 18.2 Å². The predicted octanol–water partition coefficient (Wildman–Crippen LogP) is 6.47. The van der Waals surface area contributed by atoms with E-state index < -0.39 is 23.9 Å². The minimum Gasteiger partial charge on any atom is -0.471 e. The first-order chi connectivity index (χ1) is 18.6. The van der Waals surface area contributed by atoms with Crippen LogP contribution < -0.4 is 15.8 Å². The fourth-order valence-corrected chi connectivity index (χ4v) is 5.93. The number of halogens is 2. The van der Waals surface area contributed by atoms with Gasteiger partial charge in [-0.2, -0.15) is 5.10 Å². The number of thiophene rings is 2. The molecule has 4 aromatic heterocycles. The molecule has 2 amide bonds. The van der Waals surface area contributed by atoms with E-state index in [0.29, 0.717) is 21.6 Å². The second kappa shape index (κ2) is 10.5. The number of carbonyl (C=O) groups excluding carboxylic acids is 2. The lowest BCUT2D eigenvalue weighted by molar-refractivity contribution is 0.100. The van der Waals surface area contributed by atoms with Crippen molar-refractivity contribution in [3.05, 3.63) is 80.9 Å². The molecule has 12 heteroatoms. The van der Waals surface area contributed by atoms with Crippen LogP contribution in [0, 0.1) is 20.8 Å². The van der Waals surface area contributed by atoms with E-state index in [4.69, 9.17) is 10.5 Å². The summed E-state index contributed by atoms with van der Waals surface area (Å²) in [5, 5.41) is 7.39. The van der Waals surface area contributed by atoms with Gasteiger partial charge in [-0.05, 0) is 62.2 Å². The third-order valence-electron chi connectivity index (χ3n) is 5.94. The van der Waals surface area contributed by atoms with E-state index in [1.54, 1.807) is 12.3 Å². The van der Waals surface area contributed by atoms with Crippen molar-refractivity contribution in [3.8, 4) is 16.2 Å². The number of benzene rings is 1. The molecule has 1 aromatic carbocycles. The zero-order valence-corrected chi connectivity index (χ0v) is 22.8. The summed E-state index contributed by atoms with van der Waals surface area (Å²) in [4.78, 5) is 31.5. The second-order valence-corrected chi connectivity index (χ2v) is 11.2. The summed E-state index contributed by atoms with van der Waals surface area (Å²) >= 11 is 2.26. The van der Waals surface area contributed by atoms with Crippen molar-refractivity contribution in [3.63, 3.8) is 0 Å². The molecule has 0 unspecified atom stereocenters. The van der Waals surface area contributed by atoms with Gasteiger partial charge >= 0.3 is 0 Å². The number of anilines is 1. The van der Waals surface area contributed by atoms with E-state index in [2.05, 4.69) is 15.4 Å². The summed E-state index contributed by atoms with van der Waals surface area (Å²) in [5.41, 5.74) is 7.82. The fraction of sp³-hybridized carbons (Fsp3) is 0.185. The van der Waals surface area contributed by atoms with Gasteiger partial charge in [0.15, 0.2) is 12.4 Å². The average molecular weight is 568 g/mol. The molecule has 0 aliphatic heterocycles. The van der Waals surface area contributed by atoms with Crippen LogP contribution in [0.3, 0.4) is 0 Å². The number of pyridine rings is 1. The fourth-order valence-electron chi connectivity index (χ4n) is 4.03. The lowest BCUT2D eigenvalue weighted by atomic mass is 10.1. The number of rotatable bonds is 8. The normalized spacial score (nSPS) is 11.3. The van der Waals surface area contributed by atoms with Gasteiger partial charge in [-0.1, -0.05) is 12.1 Å². The number of hydrogen-bond acceptors (Lipinski definition) is 7. The van der Waals surface area contributed by atoms with Crippen molar-refractivity contribution in [2.24, 2.45) is 5.73 Å². The first kappa shape index (κ1) is 26.4. The maximum absolute atomic E-state index is 13.7. The summed E-state index contributed by atoms with van der Waals surface area (Å²) in [6, 6.07) is 12.3. The summed E-state index contributed by atoms with van der Waals surface area (Å²) < 4.78 is 34.7. The highest BCUT2D eigenvalue weighted by atomic mass is 32.1. The topological polar surface area (TPSA) is 112 Å². The molecular formula is C27H23F2N5O3S2. The maximum atomic E-state index is 13.7. The zero-order valence-electron chi connectivity index (χ0n) is 21.1. The van der Waals surface area contributed by atoms with E-state index >= 15 is 0 Å². The van der Waals surface area contributed by atoms with E-state index in [9.17, 15) is 18.4 Å². The van der Waals surface area contributed by atoms with Crippen LogP contribution in [0.2, 0.25) is 0 Å². The van der Waals surface area contributed by atoms with Crippen molar-refractivity contribution < 1.29 is 23.1 Å². The molecule has 0 spiro atoms. The number of carbonyl (C=O) groups is 2. The summed E-state index contributed by atoms with van der Waals surface area (Å²) in [6.07, 6.45) is -1.22. The molecule has 0 saturated heterocycles. The molecule has 5 rings (SSSR count).